The van der Waals surface area contributed by atoms with Gasteiger partial charge in [0.2, 0.25) is 6.79 Å². The van der Waals surface area contributed by atoms with Crippen LogP contribution in [-0.2, 0) is 21.5 Å². The molecule has 1 saturated heterocycles. The van der Waals surface area contributed by atoms with Crippen molar-refractivity contribution in [2.24, 2.45) is 0 Å². The van der Waals surface area contributed by atoms with Crippen molar-refractivity contribution in [1.82, 2.24) is 4.90 Å². The molecule has 1 unspecified atom stereocenters. The third kappa shape index (κ3) is 4.83. The largest absolute Gasteiger partial charge is 0.507 e. The molecule has 202 valence electrons. The van der Waals surface area contributed by atoms with Gasteiger partial charge in [0.05, 0.1) is 29.3 Å². The van der Waals surface area contributed by atoms with Crippen molar-refractivity contribution in [3.8, 4) is 17.2 Å². The molecule has 2 aliphatic heterocycles. The number of benzene rings is 3. The zero-order valence-corrected chi connectivity index (χ0v) is 23.3. The van der Waals surface area contributed by atoms with E-state index in [9.17, 15) is 14.7 Å². The predicted octanol–water partition coefficient (Wildman–Crippen LogP) is 6.31. The molecule has 0 bridgehead atoms. The van der Waals surface area contributed by atoms with Crippen molar-refractivity contribution in [2.75, 3.05) is 13.9 Å². The number of aryl methyl sites for hydroxylation is 1. The van der Waals surface area contributed by atoms with E-state index in [4.69, 9.17) is 25.8 Å². The first-order chi connectivity index (χ1) is 18.5. The molecule has 1 atom stereocenters. The number of ketones is 1. The third-order valence-corrected chi connectivity index (χ3v) is 7.35. The van der Waals surface area contributed by atoms with Crippen LogP contribution in [0.2, 0.25) is 5.02 Å². The molecule has 0 spiro atoms. The molecule has 0 aliphatic carbocycles. The fraction of sp³-hybridized carbons (Fsp3) is 0.290. The molecular formula is C31H30ClNO6. The van der Waals surface area contributed by atoms with E-state index in [0.29, 0.717) is 22.1 Å². The summed E-state index contributed by atoms with van der Waals surface area (Å²) in [5.74, 6) is -0.403. The predicted molar refractivity (Wildman–Crippen MR) is 148 cm³/mol. The standard InChI is InChI=1S/C31H30ClNO6/c1-17-12-21(29(37-5)22(32)13-17)27(34)25-26(19-7-9-20(10-8-19)31(2,3)4)33(30(36)28(25)35)15-18-6-11-23-24(14-18)39-16-38-23/h6-14,26,34H,15-16H2,1-5H3/b27-25+. The zero-order chi connectivity index (χ0) is 28.1. The normalized spacial score (nSPS) is 18.1. The molecule has 39 heavy (non-hydrogen) atoms. The summed E-state index contributed by atoms with van der Waals surface area (Å²) in [6, 6.07) is 15.7. The smallest absolute Gasteiger partial charge is 0.295 e. The van der Waals surface area contributed by atoms with E-state index in [1.165, 1.54) is 12.0 Å². The van der Waals surface area contributed by atoms with Crippen LogP contribution in [0, 0.1) is 6.92 Å². The van der Waals surface area contributed by atoms with Crippen molar-refractivity contribution in [3.05, 3.63) is 93.0 Å². The van der Waals surface area contributed by atoms with E-state index in [1.807, 2.05) is 37.3 Å². The molecule has 0 saturated carbocycles. The van der Waals surface area contributed by atoms with Gasteiger partial charge in [-0.1, -0.05) is 62.7 Å². The maximum absolute atomic E-state index is 13.6. The summed E-state index contributed by atoms with van der Waals surface area (Å²) in [5.41, 5.74) is 3.47. The second kappa shape index (κ2) is 9.97. The lowest BCUT2D eigenvalue weighted by atomic mass is 9.85. The number of nitrogens with zero attached hydrogens (tertiary/aromatic N) is 1. The lowest BCUT2D eigenvalue weighted by Crippen LogP contribution is -2.29. The third-order valence-electron chi connectivity index (χ3n) is 7.07. The highest BCUT2D eigenvalue weighted by molar-refractivity contribution is 6.46. The van der Waals surface area contributed by atoms with Crippen LogP contribution in [0.3, 0.4) is 0 Å². The molecule has 2 heterocycles. The number of rotatable bonds is 5. The molecular weight excluding hydrogens is 518 g/mol. The van der Waals surface area contributed by atoms with Gasteiger partial charge in [-0.3, -0.25) is 9.59 Å². The number of halogens is 1. The highest BCUT2D eigenvalue weighted by atomic mass is 35.5. The van der Waals surface area contributed by atoms with Crippen molar-refractivity contribution >= 4 is 29.1 Å². The molecule has 3 aromatic rings. The number of hydrogen-bond donors (Lipinski definition) is 1. The van der Waals surface area contributed by atoms with E-state index in [-0.39, 0.29) is 41.4 Å². The molecule has 1 N–H and O–H groups in total. The number of methoxy groups -OCH3 is 1. The average Bonchev–Trinajstić information content (AvgIpc) is 3.45. The Morgan fingerprint density at radius 2 is 1.74 bits per heavy atom. The van der Waals surface area contributed by atoms with Gasteiger partial charge in [-0.25, -0.2) is 0 Å². The number of carbonyl (C=O) groups is 2. The average molecular weight is 548 g/mol. The van der Waals surface area contributed by atoms with Crippen LogP contribution in [0.5, 0.6) is 17.2 Å². The maximum Gasteiger partial charge on any atom is 0.295 e. The molecule has 1 amide bonds. The van der Waals surface area contributed by atoms with Gasteiger partial charge in [0.1, 0.15) is 11.5 Å². The molecule has 1 fully saturated rings. The van der Waals surface area contributed by atoms with Gasteiger partial charge in [0, 0.05) is 6.54 Å². The second-order valence-electron chi connectivity index (χ2n) is 10.8. The van der Waals surface area contributed by atoms with Gasteiger partial charge in [0.15, 0.2) is 11.5 Å². The number of carbonyl (C=O) groups excluding carboxylic acids is 2. The number of hydrogen-bond acceptors (Lipinski definition) is 6. The summed E-state index contributed by atoms with van der Waals surface area (Å²) in [5, 5.41) is 11.9. The molecule has 2 aliphatic rings. The number of aliphatic hydroxyl groups is 1. The van der Waals surface area contributed by atoms with E-state index in [1.54, 1.807) is 24.3 Å². The van der Waals surface area contributed by atoms with Gasteiger partial charge in [-0.15, -0.1) is 0 Å². The number of fused-ring (bicyclic) bond motifs is 1. The monoisotopic (exact) mass is 547 g/mol. The minimum atomic E-state index is -0.839. The topological polar surface area (TPSA) is 85.3 Å². The van der Waals surface area contributed by atoms with Crippen molar-refractivity contribution in [2.45, 2.75) is 45.7 Å². The van der Waals surface area contributed by atoms with Crippen LogP contribution in [0.15, 0.2) is 60.2 Å². The van der Waals surface area contributed by atoms with Crippen LogP contribution >= 0.6 is 11.6 Å². The summed E-state index contributed by atoms with van der Waals surface area (Å²) in [6.07, 6.45) is 0. The first-order valence-corrected chi connectivity index (χ1v) is 13.0. The Balaban J connectivity index is 1.67. The zero-order valence-electron chi connectivity index (χ0n) is 22.5. The fourth-order valence-electron chi connectivity index (χ4n) is 5.05. The van der Waals surface area contributed by atoms with Crippen molar-refractivity contribution in [3.63, 3.8) is 0 Å². The Labute approximate surface area is 232 Å². The van der Waals surface area contributed by atoms with Gasteiger partial charge in [0.25, 0.3) is 11.7 Å². The fourth-order valence-corrected chi connectivity index (χ4v) is 5.40. The Hall–Kier alpha value is -3.97. The lowest BCUT2D eigenvalue weighted by Gasteiger charge is -2.27. The van der Waals surface area contributed by atoms with Crippen LogP contribution in [0.4, 0.5) is 0 Å². The Morgan fingerprint density at radius 1 is 1.05 bits per heavy atom. The first kappa shape index (κ1) is 26.6. The molecule has 0 radical (unpaired) electrons. The molecule has 5 rings (SSSR count). The van der Waals surface area contributed by atoms with E-state index < -0.39 is 17.7 Å². The quantitative estimate of drug-likeness (QED) is 0.229. The number of aliphatic hydroxyl groups excluding tert-OH is 1. The van der Waals surface area contributed by atoms with Crippen LogP contribution < -0.4 is 14.2 Å². The second-order valence-corrected chi connectivity index (χ2v) is 11.2. The number of amides is 1. The highest BCUT2D eigenvalue weighted by Gasteiger charge is 2.46. The maximum atomic E-state index is 13.6. The van der Waals surface area contributed by atoms with Gasteiger partial charge in [-0.05, 0) is 58.9 Å². The van der Waals surface area contributed by atoms with Gasteiger partial charge >= 0.3 is 0 Å². The molecule has 3 aromatic carbocycles. The van der Waals surface area contributed by atoms with Crippen LogP contribution in [-0.4, -0.2) is 35.6 Å². The van der Waals surface area contributed by atoms with Crippen molar-refractivity contribution in [1.29, 1.82) is 0 Å². The summed E-state index contributed by atoms with van der Waals surface area (Å²) < 4.78 is 16.4. The Bertz CT molecular complexity index is 1500. The first-order valence-electron chi connectivity index (χ1n) is 12.6. The molecule has 8 heteroatoms. The summed E-state index contributed by atoms with van der Waals surface area (Å²) in [7, 11) is 1.44. The number of likely N-dealkylation sites (tertiary alicyclic amines) is 1. The van der Waals surface area contributed by atoms with E-state index >= 15 is 0 Å². The molecule has 7 nitrogen and oxygen atoms in total. The van der Waals surface area contributed by atoms with E-state index in [0.717, 1.165) is 16.7 Å². The Morgan fingerprint density at radius 3 is 2.41 bits per heavy atom. The summed E-state index contributed by atoms with van der Waals surface area (Å²) >= 11 is 6.40. The minimum Gasteiger partial charge on any atom is -0.507 e. The van der Waals surface area contributed by atoms with Crippen LogP contribution in [0.25, 0.3) is 5.76 Å². The van der Waals surface area contributed by atoms with E-state index in [2.05, 4.69) is 20.8 Å². The Kier molecular flexibility index (Phi) is 6.81. The number of Topliss-reactive ketones (excluding diaryl/α,β-unsaturated/α-hetero) is 1. The lowest BCUT2D eigenvalue weighted by molar-refractivity contribution is -0.140. The van der Waals surface area contributed by atoms with Gasteiger partial charge in [-0.2, -0.15) is 0 Å². The van der Waals surface area contributed by atoms with Gasteiger partial charge < -0.3 is 24.2 Å². The highest BCUT2D eigenvalue weighted by Crippen LogP contribution is 2.44. The SMILES string of the molecule is COc1c(Cl)cc(C)cc1/C(O)=C1\C(=O)C(=O)N(Cc2ccc3c(c2)OCO3)C1c1ccc(C(C)(C)C)cc1. The summed E-state index contributed by atoms with van der Waals surface area (Å²) in [4.78, 5) is 28.5. The minimum absolute atomic E-state index is 0.0239. The number of ether oxygens (including phenoxy) is 3. The summed E-state index contributed by atoms with van der Waals surface area (Å²) in [6.45, 7) is 8.41. The van der Waals surface area contributed by atoms with Crippen LogP contribution in [0.1, 0.15) is 54.6 Å². The van der Waals surface area contributed by atoms with Crippen molar-refractivity contribution < 1.29 is 28.9 Å². The molecule has 0 aromatic heterocycles.